The van der Waals surface area contributed by atoms with Gasteiger partial charge < -0.3 is 19.6 Å². The Hall–Kier alpha value is -0.791. The Bertz CT molecular complexity index is 457. The quantitative estimate of drug-likeness (QED) is 0.457. The second-order valence-corrected chi connectivity index (χ2v) is 6.87. The molecule has 2 saturated carbocycles. The molecule has 0 spiro atoms. The molecule has 1 aromatic rings. The van der Waals surface area contributed by atoms with E-state index in [4.69, 9.17) is 9.73 Å². The summed E-state index contributed by atoms with van der Waals surface area (Å²) < 4.78 is 5.77. The van der Waals surface area contributed by atoms with Gasteiger partial charge in [-0.25, -0.2) is 4.99 Å². The topological polar surface area (TPSA) is 21.6 Å². The van der Waals surface area contributed by atoms with Gasteiger partial charge in [-0.2, -0.15) is 0 Å². The molecule has 4 rings (SSSR count). The van der Waals surface area contributed by atoms with Crippen molar-refractivity contribution in [3.8, 4) is 0 Å². The number of hydrogen-bond donors (Lipinski definition) is 0. The maximum Gasteiger partial charge on any atom is 2.00 e. The molecule has 3 aliphatic rings. The van der Waals surface area contributed by atoms with Gasteiger partial charge in [0.1, 0.15) is 6.61 Å². The summed E-state index contributed by atoms with van der Waals surface area (Å²) in [6.45, 7) is 0.778. The number of benzene rings is 1. The molecule has 1 aromatic carbocycles. The normalized spacial score (nSPS) is 21.6. The smallest absolute Gasteiger partial charge is 0.478 e. The average molecular weight is 385 g/mol. The Morgan fingerprint density at radius 3 is 1.96 bits per heavy atom. The number of nitrogens with zero attached hydrogens (tertiary/aromatic N) is 1. The van der Waals surface area contributed by atoms with E-state index in [1.807, 2.05) is 0 Å². The Morgan fingerprint density at radius 2 is 1.40 bits per heavy atom. The molecule has 0 aromatic heterocycles. The Morgan fingerprint density at radius 1 is 0.840 bits per heavy atom. The van der Waals surface area contributed by atoms with Crippen molar-refractivity contribution < 1.29 is 21.8 Å². The third kappa shape index (κ3) is 7.96. The first-order chi connectivity index (χ1) is 10.9. The van der Waals surface area contributed by atoms with E-state index in [1.54, 1.807) is 0 Å². The van der Waals surface area contributed by atoms with Crippen molar-refractivity contribution >= 4 is 5.90 Å². The largest absolute Gasteiger partial charge is 2.00 e. The third-order valence-corrected chi connectivity index (χ3v) is 5.00. The zero-order valence-electron chi connectivity index (χ0n) is 16.0. The maximum absolute atomic E-state index is 5.77. The summed E-state index contributed by atoms with van der Waals surface area (Å²) in [5.41, 5.74) is 1.36. The molecule has 2 aliphatic carbocycles. The van der Waals surface area contributed by atoms with Crippen molar-refractivity contribution in [2.24, 2.45) is 10.9 Å². The van der Waals surface area contributed by atoms with Crippen LogP contribution in [0.1, 0.15) is 63.4 Å². The van der Waals surface area contributed by atoms with E-state index >= 15 is 0 Å². The van der Waals surface area contributed by atoms with Crippen molar-refractivity contribution in [2.45, 2.75) is 70.3 Å². The van der Waals surface area contributed by atoms with Gasteiger partial charge in [0, 0.05) is 5.92 Å². The number of ether oxygens (including phenoxy) is 1. The van der Waals surface area contributed by atoms with Gasteiger partial charge in [0.25, 0.3) is 0 Å². The Labute approximate surface area is 166 Å². The fourth-order valence-corrected chi connectivity index (χ4v) is 3.71. The molecular weight excluding hydrogens is 350 g/mol. The minimum Gasteiger partial charge on any atom is -0.478 e. The standard InChI is InChI=1S/C15H19NO.C5H10.2CH3.Fe/c1-2-6-12(7-3-1)10-14-11-17-15(16-14)13-8-4-5-9-13;1-2-4-5-3-1;;;/h1-3,6-7,13-14H,4-5,8-11H2;1-5H2;2*1H3;/q;;2*-1;+2/t14-;;;;/m1..../s1. The number of aliphatic imine (C=N–C) groups is 1. The van der Waals surface area contributed by atoms with Crippen molar-refractivity contribution in [3.05, 3.63) is 50.7 Å². The molecular formula is C22H35FeNO. The maximum atomic E-state index is 5.77. The van der Waals surface area contributed by atoms with Gasteiger partial charge in [-0.05, 0) is 24.8 Å². The summed E-state index contributed by atoms with van der Waals surface area (Å²) in [5.74, 6) is 1.67. The first-order valence-electron chi connectivity index (χ1n) is 9.16. The van der Waals surface area contributed by atoms with E-state index in [1.165, 1.54) is 63.4 Å². The summed E-state index contributed by atoms with van der Waals surface area (Å²) in [7, 11) is 0. The van der Waals surface area contributed by atoms with Crippen LogP contribution in [0.4, 0.5) is 0 Å². The van der Waals surface area contributed by atoms with Crippen LogP contribution >= 0.6 is 0 Å². The first-order valence-corrected chi connectivity index (χ1v) is 9.16. The molecule has 0 bridgehead atoms. The van der Waals surface area contributed by atoms with Gasteiger partial charge in [0.15, 0.2) is 5.90 Å². The van der Waals surface area contributed by atoms with Crippen LogP contribution in [0.25, 0.3) is 0 Å². The predicted molar refractivity (Wildman–Crippen MR) is 105 cm³/mol. The van der Waals surface area contributed by atoms with E-state index < -0.39 is 0 Å². The van der Waals surface area contributed by atoms with Gasteiger partial charge >= 0.3 is 17.1 Å². The van der Waals surface area contributed by atoms with Crippen LogP contribution in [0.2, 0.25) is 0 Å². The molecule has 3 heteroatoms. The SMILES string of the molecule is C1CCCC1.[CH3-].[CH3-].[Fe+2].c1ccc(C[C@@H]2COC(C3CCCC3)=N2)cc1. The Balaban J connectivity index is 0.000000630. The molecule has 0 unspecified atom stereocenters. The van der Waals surface area contributed by atoms with E-state index in [9.17, 15) is 0 Å². The molecule has 1 heterocycles. The molecule has 2 fully saturated rings. The van der Waals surface area contributed by atoms with Crippen molar-refractivity contribution in [2.75, 3.05) is 6.61 Å². The van der Waals surface area contributed by atoms with E-state index in [-0.39, 0.29) is 31.9 Å². The van der Waals surface area contributed by atoms with Crippen LogP contribution in [0, 0.1) is 20.8 Å². The second-order valence-electron chi connectivity index (χ2n) is 6.87. The third-order valence-electron chi connectivity index (χ3n) is 5.00. The molecule has 25 heavy (non-hydrogen) atoms. The number of hydrogen-bond acceptors (Lipinski definition) is 2. The summed E-state index contributed by atoms with van der Waals surface area (Å²) >= 11 is 0. The van der Waals surface area contributed by atoms with Gasteiger partial charge in [-0.1, -0.05) is 75.3 Å². The number of rotatable bonds is 3. The summed E-state index contributed by atoms with van der Waals surface area (Å²) in [4.78, 5) is 4.76. The fraction of sp³-hybridized carbons (Fsp3) is 0.591. The molecule has 1 atom stereocenters. The van der Waals surface area contributed by atoms with Crippen LogP contribution in [0.5, 0.6) is 0 Å². The van der Waals surface area contributed by atoms with Crippen LogP contribution in [-0.2, 0) is 28.2 Å². The Kier molecular flexibility index (Phi) is 13.0. The molecule has 0 amide bonds. The van der Waals surface area contributed by atoms with Gasteiger partial charge in [-0.15, -0.1) is 0 Å². The second kappa shape index (κ2) is 13.4. The summed E-state index contributed by atoms with van der Waals surface area (Å²) in [5, 5.41) is 0. The predicted octanol–water partition coefficient (Wildman–Crippen LogP) is 6.07. The van der Waals surface area contributed by atoms with Crippen molar-refractivity contribution in [1.82, 2.24) is 0 Å². The van der Waals surface area contributed by atoms with Gasteiger partial charge in [0.2, 0.25) is 0 Å². The molecule has 0 N–H and O–H groups in total. The zero-order valence-corrected chi connectivity index (χ0v) is 17.1. The van der Waals surface area contributed by atoms with Crippen LogP contribution in [-0.4, -0.2) is 18.5 Å². The van der Waals surface area contributed by atoms with Crippen molar-refractivity contribution in [1.29, 1.82) is 0 Å². The molecule has 0 radical (unpaired) electrons. The molecule has 142 valence electrons. The monoisotopic (exact) mass is 385 g/mol. The van der Waals surface area contributed by atoms with Crippen LogP contribution in [0.3, 0.4) is 0 Å². The molecule has 2 nitrogen and oxygen atoms in total. The summed E-state index contributed by atoms with van der Waals surface area (Å²) in [6, 6.07) is 10.9. The van der Waals surface area contributed by atoms with Crippen LogP contribution in [0.15, 0.2) is 35.3 Å². The summed E-state index contributed by atoms with van der Waals surface area (Å²) in [6.07, 6.45) is 13.7. The van der Waals surface area contributed by atoms with Gasteiger partial charge in [0.05, 0.1) is 6.04 Å². The minimum atomic E-state index is 0. The minimum absolute atomic E-state index is 0. The van der Waals surface area contributed by atoms with E-state index in [0.717, 1.165) is 18.9 Å². The van der Waals surface area contributed by atoms with E-state index in [0.29, 0.717) is 12.0 Å². The van der Waals surface area contributed by atoms with Crippen molar-refractivity contribution in [3.63, 3.8) is 0 Å². The molecule has 0 saturated heterocycles. The average Bonchev–Trinajstić information content (AvgIpc) is 3.32. The van der Waals surface area contributed by atoms with Gasteiger partial charge in [-0.3, -0.25) is 0 Å². The van der Waals surface area contributed by atoms with Crippen LogP contribution < -0.4 is 0 Å². The fourth-order valence-electron chi connectivity index (χ4n) is 3.71. The van der Waals surface area contributed by atoms with E-state index in [2.05, 4.69) is 30.3 Å². The molecule has 1 aliphatic heterocycles. The zero-order chi connectivity index (χ0) is 15.0. The first kappa shape index (κ1) is 24.2.